The average molecular weight is 345 g/mol. The molecule has 3 rings (SSSR count). The topological polar surface area (TPSA) is 112 Å². The van der Waals surface area contributed by atoms with Crippen LogP contribution in [0.3, 0.4) is 0 Å². The first-order valence-corrected chi connectivity index (χ1v) is 6.87. The van der Waals surface area contributed by atoms with Crippen LogP contribution in [0, 0.1) is 21.7 Å². The summed E-state index contributed by atoms with van der Waals surface area (Å²) in [7, 11) is 0. The molecule has 2 N–H and O–H groups in total. The maximum atomic E-state index is 13.4. The fourth-order valence-electron chi connectivity index (χ4n) is 2.30. The van der Waals surface area contributed by atoms with Crippen LogP contribution in [-0.4, -0.2) is 15.8 Å². The minimum Gasteiger partial charge on any atom is -0.435 e. The first-order valence-electron chi connectivity index (χ1n) is 6.87. The number of hydrogen-bond donors (Lipinski definition) is 1. The fourth-order valence-corrected chi connectivity index (χ4v) is 2.30. The van der Waals surface area contributed by atoms with Crippen LogP contribution in [0.25, 0.3) is 22.8 Å². The number of rotatable bonds is 4. The Morgan fingerprint density at radius 2 is 1.80 bits per heavy atom. The molecule has 0 spiro atoms. The lowest BCUT2D eigenvalue weighted by atomic mass is 10.1. The Morgan fingerprint density at radius 3 is 2.40 bits per heavy atom. The second-order valence-corrected chi connectivity index (χ2v) is 4.99. The summed E-state index contributed by atoms with van der Waals surface area (Å²) in [4.78, 5) is 26.0. The van der Waals surface area contributed by atoms with E-state index in [4.69, 9.17) is 10.2 Å². The number of amides is 1. The maximum Gasteiger partial charge on any atom is 0.280 e. The van der Waals surface area contributed by atoms with Gasteiger partial charge < -0.3 is 10.2 Å². The summed E-state index contributed by atoms with van der Waals surface area (Å²) in [5.41, 5.74) is 4.42. The normalized spacial score (nSPS) is 10.6. The first kappa shape index (κ1) is 16.2. The van der Waals surface area contributed by atoms with E-state index in [1.54, 1.807) is 0 Å². The van der Waals surface area contributed by atoms with Crippen molar-refractivity contribution in [2.24, 2.45) is 5.73 Å². The van der Waals surface area contributed by atoms with Crippen LogP contribution in [0.2, 0.25) is 0 Å². The van der Waals surface area contributed by atoms with Crippen LogP contribution >= 0.6 is 0 Å². The number of carbonyl (C=O) groups is 1. The highest BCUT2D eigenvalue weighted by Crippen LogP contribution is 2.35. The van der Waals surface area contributed by atoms with E-state index in [0.717, 1.165) is 12.1 Å². The third-order valence-corrected chi connectivity index (χ3v) is 3.32. The first-order chi connectivity index (χ1) is 11.9. The number of nitro benzene ring substituents is 1. The number of halogens is 2. The number of hydrogen-bond acceptors (Lipinski definition) is 5. The van der Waals surface area contributed by atoms with Gasteiger partial charge in [0, 0.05) is 17.7 Å². The molecule has 0 bridgehead atoms. The lowest BCUT2D eigenvalue weighted by Crippen LogP contribution is -2.12. The van der Waals surface area contributed by atoms with Gasteiger partial charge in [0.2, 0.25) is 5.89 Å². The van der Waals surface area contributed by atoms with Gasteiger partial charge in [-0.05, 0) is 18.2 Å². The monoisotopic (exact) mass is 345 g/mol. The summed E-state index contributed by atoms with van der Waals surface area (Å²) in [6, 6.07) is 8.04. The van der Waals surface area contributed by atoms with E-state index in [0.29, 0.717) is 6.07 Å². The van der Waals surface area contributed by atoms with Crippen molar-refractivity contribution >= 4 is 11.6 Å². The quantitative estimate of drug-likeness (QED) is 0.576. The van der Waals surface area contributed by atoms with Crippen LogP contribution in [0.4, 0.5) is 14.5 Å². The van der Waals surface area contributed by atoms with E-state index >= 15 is 0 Å². The number of para-hydroxylation sites is 1. The molecule has 3 aromatic rings. The number of nitrogens with zero attached hydrogens (tertiary/aromatic N) is 2. The molecule has 9 heteroatoms. The second-order valence-electron chi connectivity index (χ2n) is 4.99. The molecule has 0 aliphatic heterocycles. The van der Waals surface area contributed by atoms with Crippen LogP contribution in [-0.2, 0) is 0 Å². The Morgan fingerprint density at radius 1 is 1.16 bits per heavy atom. The SMILES string of the molecule is NC(=O)c1nc(-c2cc(F)cc(F)c2)oc1-c1ccccc1[N+](=O)[O-]. The van der Waals surface area contributed by atoms with E-state index in [1.165, 1.54) is 24.3 Å². The van der Waals surface area contributed by atoms with Gasteiger partial charge in [0.25, 0.3) is 11.6 Å². The van der Waals surface area contributed by atoms with E-state index in [-0.39, 0.29) is 34.2 Å². The van der Waals surface area contributed by atoms with E-state index in [9.17, 15) is 23.7 Å². The van der Waals surface area contributed by atoms with Gasteiger partial charge >= 0.3 is 0 Å². The molecule has 25 heavy (non-hydrogen) atoms. The molecular formula is C16H9F2N3O4. The molecule has 0 saturated heterocycles. The number of carbonyl (C=O) groups excluding carboxylic acids is 1. The third-order valence-electron chi connectivity index (χ3n) is 3.32. The second kappa shape index (κ2) is 6.11. The Hall–Kier alpha value is -3.62. The number of benzene rings is 2. The molecule has 7 nitrogen and oxygen atoms in total. The smallest absolute Gasteiger partial charge is 0.280 e. The van der Waals surface area contributed by atoms with Crippen molar-refractivity contribution in [2.45, 2.75) is 0 Å². The highest BCUT2D eigenvalue weighted by atomic mass is 19.1. The molecule has 126 valence electrons. The maximum absolute atomic E-state index is 13.4. The van der Waals surface area contributed by atoms with Crippen molar-refractivity contribution in [3.8, 4) is 22.8 Å². The van der Waals surface area contributed by atoms with Crippen molar-refractivity contribution < 1.29 is 22.9 Å². The highest BCUT2D eigenvalue weighted by molar-refractivity contribution is 5.98. The molecule has 1 amide bonds. The third kappa shape index (κ3) is 3.07. The lowest BCUT2D eigenvalue weighted by molar-refractivity contribution is -0.384. The lowest BCUT2D eigenvalue weighted by Gasteiger charge is -2.00. The zero-order valence-electron chi connectivity index (χ0n) is 12.4. The standard InChI is InChI=1S/C16H9F2N3O4/c17-9-5-8(6-10(18)7-9)16-20-13(15(19)22)14(25-16)11-3-1-2-4-12(11)21(23)24/h1-7H,(H2,19,22). The van der Waals surface area contributed by atoms with Crippen LogP contribution < -0.4 is 5.73 Å². The van der Waals surface area contributed by atoms with Crippen molar-refractivity contribution in [2.75, 3.05) is 0 Å². The zero-order chi connectivity index (χ0) is 18.1. The summed E-state index contributed by atoms with van der Waals surface area (Å²) >= 11 is 0. The van der Waals surface area contributed by atoms with E-state index in [1.807, 2.05) is 0 Å². The predicted molar refractivity (Wildman–Crippen MR) is 82.5 cm³/mol. The van der Waals surface area contributed by atoms with E-state index < -0.39 is 22.5 Å². The van der Waals surface area contributed by atoms with E-state index in [2.05, 4.69) is 4.98 Å². The van der Waals surface area contributed by atoms with Gasteiger partial charge in [-0.15, -0.1) is 0 Å². The molecule has 1 aromatic heterocycles. The van der Waals surface area contributed by atoms with Gasteiger partial charge in [0.1, 0.15) is 11.6 Å². The molecular weight excluding hydrogens is 336 g/mol. The molecule has 0 saturated carbocycles. The molecule has 0 atom stereocenters. The van der Waals surface area contributed by atoms with Gasteiger partial charge in [0.05, 0.1) is 10.5 Å². The summed E-state index contributed by atoms with van der Waals surface area (Å²) < 4.78 is 32.2. The summed E-state index contributed by atoms with van der Waals surface area (Å²) in [6.45, 7) is 0. The van der Waals surface area contributed by atoms with Crippen molar-refractivity contribution in [3.63, 3.8) is 0 Å². The molecule has 0 aliphatic carbocycles. The number of nitrogens with two attached hydrogens (primary N) is 1. The summed E-state index contributed by atoms with van der Waals surface area (Å²) in [6.07, 6.45) is 0. The minimum absolute atomic E-state index is 0.0306. The molecule has 0 aliphatic rings. The van der Waals surface area contributed by atoms with Crippen molar-refractivity contribution in [1.29, 1.82) is 0 Å². The van der Waals surface area contributed by atoms with Crippen LogP contribution in [0.1, 0.15) is 10.5 Å². The van der Waals surface area contributed by atoms with Crippen molar-refractivity contribution in [1.82, 2.24) is 4.98 Å². The Bertz CT molecular complexity index is 981. The van der Waals surface area contributed by atoms with Crippen LogP contribution in [0.15, 0.2) is 46.9 Å². The van der Waals surface area contributed by atoms with Crippen molar-refractivity contribution in [3.05, 3.63) is 69.9 Å². The molecule has 1 heterocycles. The number of primary amides is 1. The van der Waals surface area contributed by atoms with Gasteiger partial charge in [-0.25, -0.2) is 13.8 Å². The average Bonchev–Trinajstić information content (AvgIpc) is 2.99. The molecule has 0 fully saturated rings. The van der Waals surface area contributed by atoms with Gasteiger partial charge in [0.15, 0.2) is 11.5 Å². The molecule has 0 unspecified atom stereocenters. The molecule has 2 aromatic carbocycles. The molecule has 0 radical (unpaired) electrons. The Balaban J connectivity index is 2.23. The highest BCUT2D eigenvalue weighted by Gasteiger charge is 2.26. The zero-order valence-corrected chi connectivity index (χ0v) is 12.4. The van der Waals surface area contributed by atoms with Gasteiger partial charge in [-0.2, -0.15) is 0 Å². The minimum atomic E-state index is -1.000. The Labute approximate surface area is 138 Å². The van der Waals surface area contributed by atoms with Crippen LogP contribution in [0.5, 0.6) is 0 Å². The summed E-state index contributed by atoms with van der Waals surface area (Å²) in [5.74, 6) is -3.29. The Kier molecular flexibility index (Phi) is 3.97. The predicted octanol–water partition coefficient (Wildman–Crippen LogP) is 3.29. The summed E-state index contributed by atoms with van der Waals surface area (Å²) in [5, 5.41) is 11.2. The number of aromatic nitrogens is 1. The van der Waals surface area contributed by atoms with Gasteiger partial charge in [-0.3, -0.25) is 14.9 Å². The number of oxazole rings is 1. The number of nitro groups is 1. The largest absolute Gasteiger partial charge is 0.435 e. The fraction of sp³-hybridized carbons (Fsp3) is 0. The van der Waals surface area contributed by atoms with Gasteiger partial charge in [-0.1, -0.05) is 12.1 Å².